The predicted molar refractivity (Wildman–Crippen MR) is 177 cm³/mol. The molecule has 242 valence electrons. The fourth-order valence-corrected chi connectivity index (χ4v) is 5.59. The molecule has 0 aliphatic heterocycles. The van der Waals surface area contributed by atoms with Gasteiger partial charge in [-0.25, -0.2) is 0 Å². The highest BCUT2D eigenvalue weighted by Gasteiger charge is 2.14. The average molecular weight is 599 g/mol. The molecule has 6 heteroatoms. The summed E-state index contributed by atoms with van der Waals surface area (Å²) in [4.78, 5) is 24.2. The molecule has 2 atom stereocenters. The zero-order valence-electron chi connectivity index (χ0n) is 27.1. The molecule has 0 aromatic heterocycles. The number of aliphatic hydroxyl groups excluding tert-OH is 1. The lowest BCUT2D eigenvalue weighted by Crippen LogP contribution is -2.23. The molecule has 2 unspecified atom stereocenters. The van der Waals surface area contributed by atoms with Gasteiger partial charge in [0.15, 0.2) is 5.52 Å². The molecule has 0 bridgehead atoms. The molecule has 0 aromatic rings. The van der Waals surface area contributed by atoms with E-state index in [2.05, 4.69) is 26.0 Å². The lowest BCUT2D eigenvalue weighted by Gasteiger charge is -2.15. The van der Waals surface area contributed by atoms with E-state index in [1.54, 1.807) is 0 Å². The van der Waals surface area contributed by atoms with Crippen molar-refractivity contribution in [1.82, 2.24) is 0 Å². The number of carbonyl (C=O) groups is 2. The van der Waals surface area contributed by atoms with Crippen molar-refractivity contribution in [3.63, 3.8) is 0 Å². The Hall–Kier alpha value is -0.770. The molecule has 0 saturated heterocycles. The molecule has 0 spiro atoms. The molecular formula is C35H67O5P. The van der Waals surface area contributed by atoms with E-state index >= 15 is 0 Å². The highest BCUT2D eigenvalue weighted by Crippen LogP contribution is 2.21. The summed E-state index contributed by atoms with van der Waals surface area (Å²) >= 11 is 0. The van der Waals surface area contributed by atoms with Gasteiger partial charge in [-0.3, -0.25) is 9.59 Å². The SMILES string of the molecule is CCCCCCCC/C=C\CCCCCCCC(=O)POC(CO)COC(=O)CCCCCCCCCCCCC. The van der Waals surface area contributed by atoms with Crippen molar-refractivity contribution in [3.8, 4) is 0 Å². The molecule has 41 heavy (non-hydrogen) atoms. The number of unbranched alkanes of at least 4 members (excludes halogenated alkanes) is 21. The van der Waals surface area contributed by atoms with Crippen molar-refractivity contribution in [3.05, 3.63) is 12.2 Å². The first-order valence-corrected chi connectivity index (χ1v) is 18.4. The van der Waals surface area contributed by atoms with Gasteiger partial charge in [-0.05, 0) is 38.5 Å². The van der Waals surface area contributed by atoms with Gasteiger partial charge in [-0.1, -0.05) is 142 Å². The Balaban J connectivity index is 3.55. The van der Waals surface area contributed by atoms with Crippen molar-refractivity contribution < 1.29 is 24.0 Å². The third-order valence-corrected chi connectivity index (χ3v) is 8.55. The van der Waals surface area contributed by atoms with E-state index < -0.39 is 6.10 Å². The fraction of sp³-hybridized carbons (Fsp3) is 0.886. The quantitative estimate of drug-likeness (QED) is 0.0352. The number of esters is 1. The molecule has 0 aliphatic rings. The molecule has 0 aliphatic carbocycles. The lowest BCUT2D eigenvalue weighted by molar-refractivity contribution is -0.146. The predicted octanol–water partition coefficient (Wildman–Crippen LogP) is 10.8. The third kappa shape index (κ3) is 32.0. The summed E-state index contributed by atoms with van der Waals surface area (Å²) in [6, 6.07) is 0. The second kappa shape index (κ2) is 33.7. The molecule has 5 nitrogen and oxygen atoms in total. The van der Waals surface area contributed by atoms with Gasteiger partial charge in [0.2, 0.25) is 0 Å². The highest BCUT2D eigenvalue weighted by molar-refractivity contribution is 7.53. The van der Waals surface area contributed by atoms with Crippen LogP contribution in [0.5, 0.6) is 0 Å². The van der Waals surface area contributed by atoms with Gasteiger partial charge in [0.1, 0.15) is 12.7 Å². The summed E-state index contributed by atoms with van der Waals surface area (Å²) in [5.74, 6) is -0.245. The number of carbonyl (C=O) groups excluding carboxylic acids is 2. The van der Waals surface area contributed by atoms with E-state index in [4.69, 9.17) is 9.26 Å². The first-order valence-electron chi connectivity index (χ1n) is 17.5. The number of hydrogen-bond donors (Lipinski definition) is 1. The number of allylic oxidation sites excluding steroid dienone is 2. The maximum Gasteiger partial charge on any atom is 0.305 e. The molecule has 0 amide bonds. The Kier molecular flexibility index (Phi) is 33.1. The Morgan fingerprint density at radius 1 is 0.610 bits per heavy atom. The maximum absolute atomic E-state index is 12.2. The van der Waals surface area contributed by atoms with E-state index in [-0.39, 0.29) is 33.5 Å². The fourth-order valence-electron chi connectivity index (χ4n) is 4.87. The van der Waals surface area contributed by atoms with Crippen LogP contribution in [0.2, 0.25) is 0 Å². The summed E-state index contributed by atoms with van der Waals surface area (Å²) in [7, 11) is -0.292. The van der Waals surface area contributed by atoms with Crippen LogP contribution in [0.3, 0.4) is 0 Å². The van der Waals surface area contributed by atoms with Crippen LogP contribution < -0.4 is 0 Å². The van der Waals surface area contributed by atoms with Crippen molar-refractivity contribution in [1.29, 1.82) is 0 Å². The molecule has 0 radical (unpaired) electrons. The van der Waals surface area contributed by atoms with Crippen LogP contribution in [-0.2, 0) is 18.8 Å². The molecule has 0 aromatic carbocycles. The Morgan fingerprint density at radius 3 is 1.49 bits per heavy atom. The van der Waals surface area contributed by atoms with Gasteiger partial charge in [0, 0.05) is 12.8 Å². The Labute approximate surface area is 256 Å². The highest BCUT2D eigenvalue weighted by atomic mass is 31.1. The lowest BCUT2D eigenvalue weighted by atomic mass is 10.1. The summed E-state index contributed by atoms with van der Waals surface area (Å²) in [6.07, 6.45) is 34.8. The minimum absolute atomic E-state index is 0.0149. The smallest absolute Gasteiger partial charge is 0.305 e. The molecular weight excluding hydrogens is 531 g/mol. The Bertz CT molecular complexity index is 595. The summed E-state index contributed by atoms with van der Waals surface area (Å²) in [5, 5.41) is 9.52. The van der Waals surface area contributed by atoms with Gasteiger partial charge in [0.25, 0.3) is 0 Å². The average Bonchev–Trinajstić information content (AvgIpc) is 2.98. The van der Waals surface area contributed by atoms with E-state index in [1.165, 1.54) is 116 Å². The van der Waals surface area contributed by atoms with Crippen LogP contribution in [0.15, 0.2) is 12.2 Å². The normalized spacial score (nSPS) is 12.6. The molecule has 0 saturated carbocycles. The summed E-state index contributed by atoms with van der Waals surface area (Å²) in [5.41, 5.74) is 0.0772. The minimum Gasteiger partial charge on any atom is -0.463 e. The van der Waals surface area contributed by atoms with Gasteiger partial charge in [-0.15, -0.1) is 0 Å². The molecule has 1 N–H and O–H groups in total. The second-order valence-corrected chi connectivity index (χ2v) is 12.7. The van der Waals surface area contributed by atoms with Gasteiger partial charge < -0.3 is 14.4 Å². The zero-order valence-corrected chi connectivity index (χ0v) is 28.1. The summed E-state index contributed by atoms with van der Waals surface area (Å²) < 4.78 is 10.8. The van der Waals surface area contributed by atoms with Crippen LogP contribution >= 0.6 is 8.81 Å². The number of ether oxygens (including phenoxy) is 1. The van der Waals surface area contributed by atoms with Crippen molar-refractivity contribution >= 4 is 20.3 Å². The molecule has 0 fully saturated rings. The molecule has 0 rings (SSSR count). The van der Waals surface area contributed by atoms with Crippen LogP contribution in [0.1, 0.15) is 181 Å². The monoisotopic (exact) mass is 598 g/mol. The van der Waals surface area contributed by atoms with E-state index in [9.17, 15) is 14.7 Å². The van der Waals surface area contributed by atoms with E-state index in [0.717, 1.165) is 38.5 Å². The first kappa shape index (κ1) is 40.2. The third-order valence-electron chi connectivity index (χ3n) is 7.62. The van der Waals surface area contributed by atoms with Crippen LogP contribution in [-0.4, -0.2) is 35.9 Å². The largest absolute Gasteiger partial charge is 0.463 e. The van der Waals surface area contributed by atoms with Crippen LogP contribution in [0.25, 0.3) is 0 Å². The van der Waals surface area contributed by atoms with E-state index in [1.807, 2.05) is 0 Å². The summed E-state index contributed by atoms with van der Waals surface area (Å²) in [6.45, 7) is 4.27. The molecule has 0 heterocycles. The Morgan fingerprint density at radius 2 is 1.02 bits per heavy atom. The zero-order chi connectivity index (χ0) is 30.1. The number of hydrogen-bond acceptors (Lipinski definition) is 5. The maximum atomic E-state index is 12.2. The van der Waals surface area contributed by atoms with E-state index in [0.29, 0.717) is 12.8 Å². The van der Waals surface area contributed by atoms with Crippen molar-refractivity contribution in [2.45, 2.75) is 187 Å². The van der Waals surface area contributed by atoms with Crippen molar-refractivity contribution in [2.24, 2.45) is 0 Å². The second-order valence-electron chi connectivity index (χ2n) is 11.8. The number of rotatable bonds is 33. The van der Waals surface area contributed by atoms with Crippen molar-refractivity contribution in [2.75, 3.05) is 13.2 Å². The van der Waals surface area contributed by atoms with Crippen LogP contribution in [0, 0.1) is 0 Å². The van der Waals surface area contributed by atoms with Gasteiger partial charge >= 0.3 is 5.97 Å². The van der Waals surface area contributed by atoms with Crippen LogP contribution in [0.4, 0.5) is 0 Å². The van der Waals surface area contributed by atoms with Gasteiger partial charge in [-0.2, -0.15) is 0 Å². The first-order chi connectivity index (χ1) is 20.1. The number of aliphatic hydroxyl groups is 1. The topological polar surface area (TPSA) is 72.8 Å². The minimum atomic E-state index is -0.618. The standard InChI is InChI=1S/C35H67O5P/c1-3-5-7-9-11-13-15-16-17-18-20-22-24-26-28-30-35(38)41-40-33(31-36)32-39-34(37)29-27-25-23-21-19-14-12-10-8-6-4-2/h16-17,33,36,41H,3-15,18-32H2,1-2H3/b17-16-. The van der Waals surface area contributed by atoms with Gasteiger partial charge in [0.05, 0.1) is 15.4 Å².